The van der Waals surface area contributed by atoms with Gasteiger partial charge in [0.1, 0.15) is 11.1 Å². The normalized spacial score (nSPS) is 20.0. The summed E-state index contributed by atoms with van der Waals surface area (Å²) < 4.78 is 10.5. The molecular formula is C14H22N2O3S. The summed E-state index contributed by atoms with van der Waals surface area (Å²) in [5, 5.41) is 3.03. The Morgan fingerprint density at radius 2 is 2.50 bits per heavy atom. The minimum Gasteiger partial charge on any atom is -0.469 e. The molecule has 112 valence electrons. The average molecular weight is 298 g/mol. The van der Waals surface area contributed by atoms with Crippen molar-refractivity contribution in [1.82, 2.24) is 9.88 Å². The number of morpholine rings is 1. The van der Waals surface area contributed by atoms with Crippen molar-refractivity contribution in [2.24, 2.45) is 0 Å². The fourth-order valence-electron chi connectivity index (χ4n) is 2.29. The third-order valence-electron chi connectivity index (χ3n) is 3.35. The molecule has 0 spiro atoms. The molecule has 0 N–H and O–H groups in total. The Morgan fingerprint density at radius 3 is 3.25 bits per heavy atom. The van der Waals surface area contributed by atoms with Crippen LogP contribution in [0, 0.1) is 0 Å². The summed E-state index contributed by atoms with van der Waals surface area (Å²) in [4.78, 5) is 18.1. The number of hydrogen-bond acceptors (Lipinski definition) is 6. The molecule has 1 saturated heterocycles. The number of carbonyl (C=O) groups is 1. The van der Waals surface area contributed by atoms with Gasteiger partial charge in [0.05, 0.1) is 25.8 Å². The first-order valence-electron chi connectivity index (χ1n) is 7.08. The molecule has 0 aliphatic carbocycles. The molecule has 1 fully saturated rings. The molecule has 1 aromatic rings. The van der Waals surface area contributed by atoms with Gasteiger partial charge in [0.2, 0.25) is 0 Å². The minimum absolute atomic E-state index is 0.0761. The zero-order chi connectivity index (χ0) is 14.4. The molecule has 1 atom stereocenters. The standard InChI is InChI=1S/C14H22N2O3S/c1-3-6-16-7-8-19-12(9-16)14-15-11(10-20-14)4-5-13(17)18-2/h10,12H,3-9H2,1-2H3. The van der Waals surface area contributed by atoms with Crippen molar-refractivity contribution in [2.45, 2.75) is 32.3 Å². The second-order valence-corrected chi connectivity index (χ2v) is 5.80. The number of ether oxygens (including phenoxy) is 2. The molecule has 1 unspecified atom stereocenters. The predicted octanol–water partition coefficient (Wildman–Crippen LogP) is 2.03. The van der Waals surface area contributed by atoms with Gasteiger partial charge >= 0.3 is 5.97 Å². The monoisotopic (exact) mass is 298 g/mol. The maximum absolute atomic E-state index is 11.1. The van der Waals surface area contributed by atoms with Crippen molar-refractivity contribution in [3.05, 3.63) is 16.1 Å². The zero-order valence-electron chi connectivity index (χ0n) is 12.1. The summed E-state index contributed by atoms with van der Waals surface area (Å²) in [6.45, 7) is 5.99. The van der Waals surface area contributed by atoms with Gasteiger partial charge in [0, 0.05) is 24.9 Å². The topological polar surface area (TPSA) is 51.7 Å². The van der Waals surface area contributed by atoms with E-state index in [1.807, 2.05) is 5.38 Å². The van der Waals surface area contributed by atoms with Crippen LogP contribution in [0.1, 0.15) is 36.6 Å². The number of nitrogens with zero attached hydrogens (tertiary/aromatic N) is 2. The highest BCUT2D eigenvalue weighted by atomic mass is 32.1. The number of hydrogen-bond donors (Lipinski definition) is 0. The summed E-state index contributed by atoms with van der Waals surface area (Å²) in [5.74, 6) is -0.192. The highest BCUT2D eigenvalue weighted by Crippen LogP contribution is 2.25. The van der Waals surface area contributed by atoms with Crippen molar-refractivity contribution in [2.75, 3.05) is 33.4 Å². The Kier molecular flexibility index (Phi) is 5.94. The fourth-order valence-corrected chi connectivity index (χ4v) is 3.18. The van der Waals surface area contributed by atoms with Gasteiger partial charge in [-0.25, -0.2) is 4.98 Å². The summed E-state index contributed by atoms with van der Waals surface area (Å²) in [7, 11) is 1.41. The Balaban J connectivity index is 1.89. The summed E-state index contributed by atoms with van der Waals surface area (Å²) in [5.41, 5.74) is 0.951. The van der Waals surface area contributed by atoms with Crippen LogP contribution in [0.25, 0.3) is 0 Å². The largest absolute Gasteiger partial charge is 0.469 e. The molecule has 1 aromatic heterocycles. The molecule has 0 amide bonds. The van der Waals surface area contributed by atoms with Crippen LogP contribution in [0.2, 0.25) is 0 Å². The van der Waals surface area contributed by atoms with Gasteiger partial charge in [0.15, 0.2) is 0 Å². The van der Waals surface area contributed by atoms with Gasteiger partial charge in [-0.1, -0.05) is 6.92 Å². The van der Waals surface area contributed by atoms with Crippen molar-refractivity contribution >= 4 is 17.3 Å². The Hall–Kier alpha value is -0.980. The third kappa shape index (κ3) is 4.26. The van der Waals surface area contributed by atoms with Gasteiger partial charge in [-0.2, -0.15) is 0 Å². The highest BCUT2D eigenvalue weighted by Gasteiger charge is 2.23. The van der Waals surface area contributed by atoms with Gasteiger partial charge in [-0.05, 0) is 13.0 Å². The molecule has 0 bridgehead atoms. The molecule has 6 heteroatoms. The number of methoxy groups -OCH3 is 1. The van der Waals surface area contributed by atoms with E-state index in [0.29, 0.717) is 12.8 Å². The van der Waals surface area contributed by atoms with Crippen LogP contribution >= 0.6 is 11.3 Å². The lowest BCUT2D eigenvalue weighted by atomic mass is 10.2. The van der Waals surface area contributed by atoms with Crippen LogP contribution in [0.15, 0.2) is 5.38 Å². The van der Waals surface area contributed by atoms with E-state index in [0.717, 1.165) is 43.4 Å². The zero-order valence-corrected chi connectivity index (χ0v) is 12.9. The number of aryl methyl sites for hydroxylation is 1. The third-order valence-corrected chi connectivity index (χ3v) is 4.33. The number of esters is 1. The number of carbonyl (C=O) groups excluding carboxylic acids is 1. The first-order chi connectivity index (χ1) is 9.72. The molecular weight excluding hydrogens is 276 g/mol. The lowest BCUT2D eigenvalue weighted by molar-refractivity contribution is -0.140. The van der Waals surface area contributed by atoms with Crippen LogP contribution in [0.4, 0.5) is 0 Å². The van der Waals surface area contributed by atoms with E-state index in [1.165, 1.54) is 7.11 Å². The van der Waals surface area contributed by atoms with E-state index in [-0.39, 0.29) is 12.1 Å². The van der Waals surface area contributed by atoms with E-state index < -0.39 is 0 Å². The SMILES string of the molecule is CCCN1CCOC(c2nc(CCC(=O)OC)cs2)C1. The number of rotatable bonds is 6. The second kappa shape index (κ2) is 7.71. The van der Waals surface area contributed by atoms with Gasteiger partial charge in [-0.15, -0.1) is 11.3 Å². The Morgan fingerprint density at radius 1 is 1.65 bits per heavy atom. The van der Waals surface area contributed by atoms with Gasteiger partial charge < -0.3 is 9.47 Å². The molecule has 0 saturated carbocycles. The summed E-state index contributed by atoms with van der Waals surface area (Å²) in [6, 6.07) is 0. The summed E-state index contributed by atoms with van der Waals surface area (Å²) >= 11 is 1.62. The molecule has 1 aliphatic heterocycles. The Labute approximate surface area is 123 Å². The van der Waals surface area contributed by atoms with E-state index in [2.05, 4.69) is 21.5 Å². The molecule has 5 nitrogen and oxygen atoms in total. The summed E-state index contributed by atoms with van der Waals surface area (Å²) in [6.07, 6.45) is 2.25. The lowest BCUT2D eigenvalue weighted by Crippen LogP contribution is -2.38. The maximum atomic E-state index is 11.1. The molecule has 0 radical (unpaired) electrons. The lowest BCUT2D eigenvalue weighted by Gasteiger charge is -2.31. The number of thiazole rings is 1. The Bertz CT molecular complexity index is 434. The smallest absolute Gasteiger partial charge is 0.305 e. The van der Waals surface area contributed by atoms with E-state index in [9.17, 15) is 4.79 Å². The molecule has 2 heterocycles. The average Bonchev–Trinajstić information content (AvgIpc) is 2.94. The van der Waals surface area contributed by atoms with Crippen LogP contribution in [-0.2, 0) is 20.7 Å². The van der Waals surface area contributed by atoms with Crippen molar-refractivity contribution in [3.8, 4) is 0 Å². The van der Waals surface area contributed by atoms with Gasteiger partial charge in [-0.3, -0.25) is 9.69 Å². The van der Waals surface area contributed by atoms with Crippen molar-refractivity contribution in [3.63, 3.8) is 0 Å². The van der Waals surface area contributed by atoms with Crippen molar-refractivity contribution in [1.29, 1.82) is 0 Å². The van der Waals surface area contributed by atoms with E-state index in [4.69, 9.17) is 4.74 Å². The first-order valence-corrected chi connectivity index (χ1v) is 7.96. The molecule has 1 aliphatic rings. The quantitative estimate of drug-likeness (QED) is 0.752. The second-order valence-electron chi connectivity index (χ2n) is 4.91. The van der Waals surface area contributed by atoms with Crippen LogP contribution in [0.5, 0.6) is 0 Å². The highest BCUT2D eigenvalue weighted by molar-refractivity contribution is 7.09. The fraction of sp³-hybridized carbons (Fsp3) is 0.714. The van der Waals surface area contributed by atoms with E-state index >= 15 is 0 Å². The van der Waals surface area contributed by atoms with Crippen LogP contribution in [-0.4, -0.2) is 49.2 Å². The van der Waals surface area contributed by atoms with Gasteiger partial charge in [0.25, 0.3) is 0 Å². The maximum Gasteiger partial charge on any atom is 0.305 e. The molecule has 2 rings (SSSR count). The van der Waals surface area contributed by atoms with Crippen molar-refractivity contribution < 1.29 is 14.3 Å². The van der Waals surface area contributed by atoms with Crippen LogP contribution in [0.3, 0.4) is 0 Å². The molecule has 0 aromatic carbocycles. The van der Waals surface area contributed by atoms with Crippen LogP contribution < -0.4 is 0 Å². The predicted molar refractivity (Wildman–Crippen MR) is 77.9 cm³/mol. The first kappa shape index (κ1) is 15.4. The van der Waals surface area contributed by atoms with E-state index in [1.54, 1.807) is 11.3 Å². The molecule has 20 heavy (non-hydrogen) atoms. The number of aromatic nitrogens is 1. The minimum atomic E-state index is -0.192.